The van der Waals surface area contributed by atoms with Crippen LogP contribution < -0.4 is 9.47 Å². The van der Waals surface area contributed by atoms with Crippen LogP contribution in [-0.2, 0) is 17.9 Å². The van der Waals surface area contributed by atoms with Gasteiger partial charge in [0.05, 0.1) is 31.0 Å². The van der Waals surface area contributed by atoms with E-state index in [9.17, 15) is 9.90 Å². The molecular formula is C30H22Cl3N3O5S. The number of methoxy groups -OCH3 is 1. The second-order valence-corrected chi connectivity index (χ2v) is 11.1. The van der Waals surface area contributed by atoms with Crippen LogP contribution in [-0.4, -0.2) is 34.4 Å². The van der Waals surface area contributed by atoms with Crippen LogP contribution in [0.1, 0.15) is 22.5 Å². The van der Waals surface area contributed by atoms with E-state index in [0.29, 0.717) is 53.5 Å². The van der Waals surface area contributed by atoms with Gasteiger partial charge in [-0.1, -0.05) is 46.9 Å². The number of ether oxygens (including phenoxy) is 2. The molecule has 1 N–H and O–H groups in total. The normalized spacial score (nSPS) is 15.3. The second kappa shape index (κ2) is 13.4. The van der Waals surface area contributed by atoms with E-state index in [4.69, 9.17) is 48.7 Å². The van der Waals surface area contributed by atoms with Crippen LogP contribution in [0.4, 0.5) is 0 Å². The molecule has 0 spiro atoms. The van der Waals surface area contributed by atoms with Crippen molar-refractivity contribution < 1.29 is 23.8 Å². The third-order valence-corrected chi connectivity index (χ3v) is 7.81. The Kier molecular flexibility index (Phi) is 9.44. The van der Waals surface area contributed by atoms with E-state index < -0.39 is 0 Å². The highest BCUT2D eigenvalue weighted by Gasteiger charge is 2.34. The van der Waals surface area contributed by atoms with Crippen molar-refractivity contribution in [1.29, 1.82) is 0 Å². The van der Waals surface area contributed by atoms with Crippen molar-refractivity contribution in [3.05, 3.63) is 115 Å². The highest BCUT2D eigenvalue weighted by Crippen LogP contribution is 2.36. The van der Waals surface area contributed by atoms with Crippen molar-refractivity contribution >= 4 is 69.9 Å². The molecule has 0 atom stereocenters. The van der Waals surface area contributed by atoms with Gasteiger partial charge in [-0.25, -0.2) is 0 Å². The summed E-state index contributed by atoms with van der Waals surface area (Å²) in [4.78, 5) is 15.3. The van der Waals surface area contributed by atoms with Crippen molar-refractivity contribution in [2.75, 3.05) is 7.11 Å². The highest BCUT2D eigenvalue weighted by atomic mass is 35.5. The van der Waals surface area contributed by atoms with Crippen LogP contribution in [0, 0.1) is 0 Å². The Morgan fingerprint density at radius 1 is 1.02 bits per heavy atom. The van der Waals surface area contributed by atoms with Gasteiger partial charge in [0.25, 0.3) is 5.91 Å². The number of amides is 1. The van der Waals surface area contributed by atoms with Crippen molar-refractivity contribution in [1.82, 2.24) is 4.90 Å². The van der Waals surface area contributed by atoms with Crippen LogP contribution in [0.25, 0.3) is 6.08 Å². The van der Waals surface area contributed by atoms with Crippen LogP contribution in [0.3, 0.4) is 0 Å². The molecule has 0 unspecified atom stereocenters. The Labute approximate surface area is 260 Å². The molecule has 0 bridgehead atoms. The van der Waals surface area contributed by atoms with Gasteiger partial charge in [-0.15, -0.1) is 5.10 Å². The van der Waals surface area contributed by atoms with Gasteiger partial charge in [0, 0.05) is 26.2 Å². The van der Waals surface area contributed by atoms with E-state index in [2.05, 4.69) is 10.2 Å². The average Bonchev–Trinajstić information content (AvgIpc) is 3.59. The maximum Gasteiger partial charge on any atom is 0.267 e. The van der Waals surface area contributed by atoms with Gasteiger partial charge in [-0.3, -0.25) is 9.69 Å². The molecule has 8 nitrogen and oxygen atoms in total. The van der Waals surface area contributed by atoms with Gasteiger partial charge in [0.2, 0.25) is 0 Å². The predicted molar refractivity (Wildman–Crippen MR) is 167 cm³/mol. The number of halogens is 3. The number of hydrogen-bond donors (Lipinski definition) is 1. The number of amidine groups is 1. The zero-order valence-electron chi connectivity index (χ0n) is 22.0. The van der Waals surface area contributed by atoms with Crippen molar-refractivity contribution in [2.45, 2.75) is 13.2 Å². The Hall–Kier alpha value is -3.89. The zero-order chi connectivity index (χ0) is 29.6. The zero-order valence-corrected chi connectivity index (χ0v) is 25.0. The Morgan fingerprint density at radius 3 is 2.60 bits per heavy atom. The molecule has 0 saturated carbocycles. The number of benzene rings is 3. The molecule has 214 valence electrons. The van der Waals surface area contributed by atoms with Gasteiger partial charge >= 0.3 is 0 Å². The molecule has 1 fully saturated rings. The summed E-state index contributed by atoms with van der Waals surface area (Å²) in [6, 6.07) is 18.6. The first-order valence-corrected chi connectivity index (χ1v) is 14.3. The summed E-state index contributed by atoms with van der Waals surface area (Å²) in [5.41, 5.74) is 1.88. The number of thioether (sulfide) groups is 1. The SMILES string of the molecule is COc1cc(/C=C2\S/C(=N/N=C\c3cc(Cl)ccc3O)N(Cc3ccco3)C2=O)ccc1OCc1ccc(Cl)cc1Cl. The number of carbonyl (C=O) groups excluding carboxylic acids is 1. The number of aromatic hydroxyl groups is 1. The topological polar surface area (TPSA) is 96.9 Å². The lowest BCUT2D eigenvalue weighted by atomic mass is 10.1. The van der Waals surface area contributed by atoms with Crippen LogP contribution in [0.5, 0.6) is 17.2 Å². The Balaban J connectivity index is 1.38. The number of carbonyl (C=O) groups is 1. The molecule has 5 rings (SSSR count). The second-order valence-electron chi connectivity index (χ2n) is 8.85. The molecule has 1 amide bonds. The first kappa shape index (κ1) is 29.6. The molecule has 1 aliphatic heterocycles. The van der Waals surface area contributed by atoms with Crippen molar-refractivity contribution in [3.63, 3.8) is 0 Å². The van der Waals surface area contributed by atoms with Crippen LogP contribution in [0.15, 0.2) is 92.5 Å². The molecule has 1 saturated heterocycles. The minimum atomic E-state index is -0.271. The molecule has 1 aromatic heterocycles. The van der Waals surface area contributed by atoms with Gasteiger partial charge in [0.15, 0.2) is 16.7 Å². The Bertz CT molecular complexity index is 1710. The van der Waals surface area contributed by atoms with Gasteiger partial charge in [-0.2, -0.15) is 5.10 Å². The van der Waals surface area contributed by atoms with E-state index in [1.165, 1.54) is 30.6 Å². The fourth-order valence-corrected chi connectivity index (χ4v) is 5.47. The summed E-state index contributed by atoms with van der Waals surface area (Å²) in [6.45, 7) is 0.381. The summed E-state index contributed by atoms with van der Waals surface area (Å²) in [7, 11) is 1.54. The summed E-state index contributed by atoms with van der Waals surface area (Å²) in [5, 5.41) is 20.2. The third kappa shape index (κ3) is 7.11. The van der Waals surface area contributed by atoms with E-state index >= 15 is 0 Å². The monoisotopic (exact) mass is 641 g/mol. The number of phenols is 1. The first-order chi connectivity index (χ1) is 20.3. The van der Waals surface area contributed by atoms with E-state index in [1.807, 2.05) is 6.07 Å². The lowest BCUT2D eigenvalue weighted by Crippen LogP contribution is -2.28. The van der Waals surface area contributed by atoms with Crippen LogP contribution in [0.2, 0.25) is 15.1 Å². The lowest BCUT2D eigenvalue weighted by molar-refractivity contribution is -0.122. The molecule has 0 radical (unpaired) electrons. The van der Waals surface area contributed by atoms with Crippen molar-refractivity contribution in [3.8, 4) is 17.2 Å². The van der Waals surface area contributed by atoms with Crippen LogP contribution >= 0.6 is 46.6 Å². The Morgan fingerprint density at radius 2 is 1.83 bits per heavy atom. The molecule has 3 aromatic carbocycles. The van der Waals surface area contributed by atoms with E-state index in [0.717, 1.165) is 17.3 Å². The highest BCUT2D eigenvalue weighted by molar-refractivity contribution is 8.18. The fourth-order valence-electron chi connectivity index (χ4n) is 3.89. The fraction of sp³-hybridized carbons (Fsp3) is 0.100. The molecule has 0 aliphatic carbocycles. The number of nitrogens with zero attached hydrogens (tertiary/aromatic N) is 3. The molecule has 1 aliphatic rings. The largest absolute Gasteiger partial charge is 0.507 e. The minimum absolute atomic E-state index is 0.00386. The molecular weight excluding hydrogens is 621 g/mol. The maximum absolute atomic E-state index is 13.4. The summed E-state index contributed by atoms with van der Waals surface area (Å²) in [5.74, 6) is 1.31. The van der Waals surface area contributed by atoms with Gasteiger partial charge < -0.3 is 19.0 Å². The first-order valence-electron chi connectivity index (χ1n) is 12.4. The lowest BCUT2D eigenvalue weighted by Gasteiger charge is -2.13. The predicted octanol–water partition coefficient (Wildman–Crippen LogP) is 8.04. The number of furan rings is 1. The van der Waals surface area contributed by atoms with Gasteiger partial charge in [0.1, 0.15) is 18.1 Å². The minimum Gasteiger partial charge on any atom is -0.507 e. The van der Waals surface area contributed by atoms with E-state index in [1.54, 1.807) is 60.7 Å². The summed E-state index contributed by atoms with van der Waals surface area (Å²) < 4.78 is 16.9. The third-order valence-electron chi connectivity index (χ3n) is 6.00. The number of rotatable bonds is 9. The number of phenolic OH excluding ortho intramolecular Hbond substituents is 1. The van der Waals surface area contributed by atoms with Gasteiger partial charge in [-0.05, 0) is 78.0 Å². The van der Waals surface area contributed by atoms with Crippen molar-refractivity contribution in [2.24, 2.45) is 10.2 Å². The van der Waals surface area contributed by atoms with E-state index in [-0.39, 0.29) is 24.8 Å². The summed E-state index contributed by atoms with van der Waals surface area (Å²) in [6.07, 6.45) is 4.64. The molecule has 12 heteroatoms. The standard InChI is InChI=1S/C30H22Cl3N3O5S/c1-39-27-11-18(4-9-26(27)41-17-19-5-6-22(32)14-24(19)33)12-28-29(38)36(16-23-3-2-10-40-23)30(42-28)35-34-15-20-13-21(31)7-8-25(20)37/h2-15,37H,16-17H2,1H3/b28-12-,34-15-,35-30+. The maximum atomic E-state index is 13.4. The average molecular weight is 643 g/mol. The quantitative estimate of drug-likeness (QED) is 0.113. The number of hydrogen-bond acceptors (Lipinski definition) is 8. The smallest absolute Gasteiger partial charge is 0.267 e. The summed E-state index contributed by atoms with van der Waals surface area (Å²) >= 11 is 19.4. The molecule has 2 heterocycles. The molecule has 4 aromatic rings. The molecule has 42 heavy (non-hydrogen) atoms.